The molecule has 3 aromatic heterocycles. The van der Waals surface area contributed by atoms with Gasteiger partial charge in [0.25, 0.3) is 0 Å². The van der Waals surface area contributed by atoms with E-state index in [4.69, 9.17) is 0 Å². The maximum atomic E-state index is 10.9. The highest BCUT2D eigenvalue weighted by Crippen LogP contribution is 2.33. The van der Waals surface area contributed by atoms with Crippen LogP contribution in [0, 0.1) is 0 Å². The van der Waals surface area contributed by atoms with E-state index in [1.807, 2.05) is 29.8 Å². The Kier molecular flexibility index (Phi) is 2.08. The second kappa shape index (κ2) is 3.57. The van der Waals surface area contributed by atoms with Gasteiger partial charge in [-0.15, -0.1) is 11.3 Å². The van der Waals surface area contributed by atoms with Crippen LogP contribution in [0.5, 0.6) is 0 Å². The van der Waals surface area contributed by atoms with Gasteiger partial charge in [-0.1, -0.05) is 0 Å². The number of hydrogen-bond acceptors (Lipinski definition) is 3. The summed E-state index contributed by atoms with van der Waals surface area (Å²) in [4.78, 5) is 19.2. The van der Waals surface area contributed by atoms with Crippen LogP contribution in [-0.2, 0) is 0 Å². The van der Waals surface area contributed by atoms with E-state index in [0.29, 0.717) is 0 Å². The summed E-state index contributed by atoms with van der Waals surface area (Å²) in [5.74, 6) is 0. The van der Waals surface area contributed by atoms with Crippen LogP contribution in [0.2, 0.25) is 0 Å². The highest BCUT2D eigenvalue weighted by molar-refractivity contribution is 7.14. The van der Waals surface area contributed by atoms with E-state index in [0.717, 1.165) is 33.3 Å². The molecular weight excluding hydrogens is 220 g/mol. The Morgan fingerprint density at radius 1 is 1.31 bits per heavy atom. The molecule has 0 fully saturated rings. The molecule has 0 atom stereocenters. The molecule has 4 heteroatoms. The Balaban J connectivity index is 2.33. The van der Waals surface area contributed by atoms with Gasteiger partial charge in [-0.3, -0.25) is 4.79 Å². The number of thiophene rings is 1. The highest BCUT2D eigenvalue weighted by atomic mass is 32.1. The lowest BCUT2D eigenvalue weighted by atomic mass is 10.1. The second-order valence-electron chi connectivity index (χ2n) is 3.42. The molecule has 3 aromatic rings. The number of aldehydes is 1. The molecule has 3 heterocycles. The fourth-order valence-electron chi connectivity index (χ4n) is 1.79. The first-order valence-corrected chi connectivity index (χ1v) is 5.73. The summed E-state index contributed by atoms with van der Waals surface area (Å²) < 4.78 is 0. The van der Waals surface area contributed by atoms with Gasteiger partial charge in [-0.2, -0.15) is 0 Å². The van der Waals surface area contributed by atoms with Crippen molar-refractivity contribution in [1.29, 1.82) is 0 Å². The molecule has 0 aromatic carbocycles. The van der Waals surface area contributed by atoms with Gasteiger partial charge in [0, 0.05) is 33.8 Å². The third kappa shape index (κ3) is 1.27. The van der Waals surface area contributed by atoms with E-state index < -0.39 is 0 Å². The summed E-state index contributed by atoms with van der Waals surface area (Å²) in [7, 11) is 0. The zero-order valence-corrected chi connectivity index (χ0v) is 9.12. The highest BCUT2D eigenvalue weighted by Gasteiger charge is 2.10. The van der Waals surface area contributed by atoms with Crippen LogP contribution in [0.4, 0.5) is 0 Å². The first-order chi connectivity index (χ1) is 7.90. The Hall–Kier alpha value is -1.94. The Morgan fingerprint density at radius 2 is 2.25 bits per heavy atom. The predicted octanol–water partition coefficient (Wildman–Crippen LogP) is 3.10. The van der Waals surface area contributed by atoms with E-state index in [9.17, 15) is 4.79 Å². The molecular formula is C12H8N2OS. The summed E-state index contributed by atoms with van der Waals surface area (Å²) in [6.07, 6.45) is 4.50. The van der Waals surface area contributed by atoms with Crippen molar-refractivity contribution in [3.05, 3.63) is 41.5 Å². The molecule has 78 valence electrons. The Morgan fingerprint density at radius 3 is 3.12 bits per heavy atom. The van der Waals surface area contributed by atoms with Crippen molar-refractivity contribution in [2.24, 2.45) is 0 Å². The van der Waals surface area contributed by atoms with E-state index in [-0.39, 0.29) is 0 Å². The van der Waals surface area contributed by atoms with Crippen LogP contribution in [0.3, 0.4) is 0 Å². The second-order valence-corrected chi connectivity index (χ2v) is 4.34. The Bertz CT molecular complexity index is 654. The van der Waals surface area contributed by atoms with E-state index >= 15 is 0 Å². The molecule has 1 N–H and O–H groups in total. The minimum atomic E-state index is 0.735. The van der Waals surface area contributed by atoms with Crippen LogP contribution < -0.4 is 0 Å². The zero-order chi connectivity index (χ0) is 11.0. The molecule has 0 spiro atoms. The third-order valence-electron chi connectivity index (χ3n) is 2.53. The lowest BCUT2D eigenvalue weighted by Gasteiger charge is -2.00. The molecule has 0 radical (unpaired) electrons. The molecule has 0 aliphatic heterocycles. The third-order valence-corrected chi connectivity index (χ3v) is 3.49. The fraction of sp³-hybridized carbons (Fsp3) is 0. The summed E-state index contributed by atoms with van der Waals surface area (Å²) in [6, 6.07) is 5.76. The van der Waals surface area contributed by atoms with Crippen molar-refractivity contribution in [3.8, 4) is 10.4 Å². The molecule has 3 rings (SSSR count). The molecule has 16 heavy (non-hydrogen) atoms. The molecule has 0 aliphatic carbocycles. The van der Waals surface area contributed by atoms with Crippen molar-refractivity contribution >= 4 is 28.7 Å². The van der Waals surface area contributed by atoms with Crippen molar-refractivity contribution in [3.63, 3.8) is 0 Å². The lowest BCUT2D eigenvalue weighted by Crippen LogP contribution is -1.83. The van der Waals surface area contributed by atoms with Gasteiger partial charge in [0.05, 0.1) is 0 Å². The van der Waals surface area contributed by atoms with Crippen LogP contribution in [0.15, 0.2) is 36.0 Å². The quantitative estimate of drug-likeness (QED) is 0.685. The number of aromatic amines is 1. The standard InChI is InChI=1S/C12H8N2OS/c15-7-8-3-6-16-11(8)9-1-4-13-12-10(9)2-5-14-12/h1-7H,(H,13,14). The first-order valence-electron chi connectivity index (χ1n) is 4.85. The van der Waals surface area contributed by atoms with Crippen molar-refractivity contribution in [1.82, 2.24) is 9.97 Å². The predicted molar refractivity (Wildman–Crippen MR) is 64.8 cm³/mol. The zero-order valence-electron chi connectivity index (χ0n) is 8.31. The monoisotopic (exact) mass is 228 g/mol. The first kappa shape index (κ1) is 9.30. The SMILES string of the molecule is O=Cc1ccsc1-c1ccnc2[nH]ccc12. The number of rotatable bonds is 2. The van der Waals surface area contributed by atoms with Gasteiger partial charge in [-0.05, 0) is 23.6 Å². The fourth-order valence-corrected chi connectivity index (χ4v) is 2.70. The van der Waals surface area contributed by atoms with Gasteiger partial charge >= 0.3 is 0 Å². The van der Waals surface area contributed by atoms with Crippen LogP contribution >= 0.6 is 11.3 Å². The molecule has 0 saturated heterocycles. The summed E-state index contributed by atoms with van der Waals surface area (Å²) in [5, 5.41) is 2.98. The lowest BCUT2D eigenvalue weighted by molar-refractivity contribution is 0.112. The summed E-state index contributed by atoms with van der Waals surface area (Å²) in [6.45, 7) is 0. The topological polar surface area (TPSA) is 45.8 Å². The van der Waals surface area contributed by atoms with Crippen LogP contribution in [0.1, 0.15) is 10.4 Å². The minimum absolute atomic E-state index is 0.735. The number of nitrogens with one attached hydrogen (secondary N) is 1. The van der Waals surface area contributed by atoms with Gasteiger partial charge in [0.1, 0.15) is 5.65 Å². The van der Waals surface area contributed by atoms with Crippen LogP contribution in [-0.4, -0.2) is 16.3 Å². The average molecular weight is 228 g/mol. The van der Waals surface area contributed by atoms with Gasteiger partial charge in [0.2, 0.25) is 0 Å². The summed E-state index contributed by atoms with van der Waals surface area (Å²) >= 11 is 1.57. The number of aromatic nitrogens is 2. The average Bonchev–Trinajstić information content (AvgIpc) is 2.96. The maximum Gasteiger partial charge on any atom is 0.151 e. The van der Waals surface area contributed by atoms with Gasteiger partial charge < -0.3 is 4.98 Å². The van der Waals surface area contributed by atoms with E-state index in [1.165, 1.54) is 0 Å². The van der Waals surface area contributed by atoms with Crippen LogP contribution in [0.25, 0.3) is 21.5 Å². The molecule has 3 nitrogen and oxygen atoms in total. The van der Waals surface area contributed by atoms with E-state index in [2.05, 4.69) is 9.97 Å². The van der Waals surface area contributed by atoms with Crippen molar-refractivity contribution in [2.75, 3.05) is 0 Å². The number of carbonyl (C=O) groups excluding carboxylic acids is 1. The van der Waals surface area contributed by atoms with Crippen molar-refractivity contribution < 1.29 is 4.79 Å². The number of carbonyl (C=O) groups is 1. The number of nitrogens with zero attached hydrogens (tertiary/aromatic N) is 1. The molecule has 0 aliphatic rings. The largest absolute Gasteiger partial charge is 0.346 e. The van der Waals surface area contributed by atoms with Gasteiger partial charge in [0.15, 0.2) is 6.29 Å². The van der Waals surface area contributed by atoms with Crippen molar-refractivity contribution in [2.45, 2.75) is 0 Å². The molecule has 0 unspecified atom stereocenters. The number of pyridine rings is 1. The Labute approximate surface area is 95.8 Å². The number of hydrogen-bond donors (Lipinski definition) is 1. The molecule has 0 saturated carbocycles. The molecule has 0 bridgehead atoms. The smallest absolute Gasteiger partial charge is 0.151 e. The normalized spacial score (nSPS) is 10.8. The minimum Gasteiger partial charge on any atom is -0.346 e. The van der Waals surface area contributed by atoms with Gasteiger partial charge in [-0.25, -0.2) is 4.98 Å². The number of H-pyrrole nitrogens is 1. The number of fused-ring (bicyclic) bond motifs is 1. The maximum absolute atomic E-state index is 10.9. The molecule has 0 amide bonds. The van der Waals surface area contributed by atoms with E-state index in [1.54, 1.807) is 17.5 Å². The summed E-state index contributed by atoms with van der Waals surface area (Å²) in [5.41, 5.74) is 2.64.